The maximum Gasteiger partial charge on any atom is 0.414 e. The normalized spacial score (nSPS) is 11.4. The van der Waals surface area contributed by atoms with Gasteiger partial charge in [-0.1, -0.05) is 59.2 Å². The van der Waals surface area contributed by atoms with Gasteiger partial charge in [-0.05, 0) is 31.4 Å². The lowest BCUT2D eigenvalue weighted by atomic mass is 10.1. The Morgan fingerprint density at radius 3 is 2.62 bits per heavy atom. The molecule has 2 aromatic carbocycles. The van der Waals surface area contributed by atoms with Crippen LogP contribution in [-0.2, 0) is 16.1 Å². The number of anilines is 1. The van der Waals surface area contributed by atoms with Gasteiger partial charge in [0.1, 0.15) is 18.1 Å². The number of nitrogens with one attached hydrogen (secondary N) is 4. The van der Waals surface area contributed by atoms with E-state index in [1.807, 2.05) is 30.3 Å². The van der Waals surface area contributed by atoms with Crippen LogP contribution in [0.15, 0.2) is 59.1 Å². The average molecular weight is 575 g/mol. The number of hydrogen-bond donors (Lipinski definition) is 4. The highest BCUT2D eigenvalue weighted by molar-refractivity contribution is 6.31. The van der Waals surface area contributed by atoms with Crippen molar-refractivity contribution in [2.45, 2.75) is 39.3 Å². The molecule has 0 saturated carbocycles. The van der Waals surface area contributed by atoms with E-state index >= 15 is 0 Å². The van der Waals surface area contributed by atoms with Crippen LogP contribution in [-0.4, -0.2) is 53.9 Å². The van der Waals surface area contributed by atoms with Crippen LogP contribution in [0.5, 0.6) is 0 Å². The van der Waals surface area contributed by atoms with Gasteiger partial charge in [0, 0.05) is 38.2 Å². The van der Waals surface area contributed by atoms with Gasteiger partial charge < -0.3 is 19.9 Å². The van der Waals surface area contributed by atoms with Crippen LogP contribution in [0.1, 0.15) is 32.3 Å². The fourth-order valence-corrected chi connectivity index (χ4v) is 3.98. The van der Waals surface area contributed by atoms with Crippen LogP contribution in [0.3, 0.4) is 0 Å². The van der Waals surface area contributed by atoms with Gasteiger partial charge in [0.25, 0.3) is 0 Å². The van der Waals surface area contributed by atoms with Crippen molar-refractivity contribution in [1.82, 2.24) is 26.2 Å². The third-order valence-corrected chi connectivity index (χ3v) is 6.15. The highest BCUT2D eigenvalue weighted by Crippen LogP contribution is 2.22. The second-order valence-corrected chi connectivity index (χ2v) is 9.06. The number of carbonyl (C=O) groups is 3. The number of amides is 4. The quantitative estimate of drug-likeness (QED) is 0.171. The number of rotatable bonds is 13. The Kier molecular flexibility index (Phi) is 11.7. The van der Waals surface area contributed by atoms with E-state index < -0.39 is 18.0 Å². The Bertz CT molecular complexity index is 1280. The summed E-state index contributed by atoms with van der Waals surface area (Å²) in [5.74, 6) is -0.846. The highest BCUT2D eigenvalue weighted by atomic mass is 35.5. The van der Waals surface area contributed by atoms with Crippen LogP contribution in [0.4, 0.5) is 19.9 Å². The second-order valence-electron chi connectivity index (χ2n) is 8.69. The van der Waals surface area contributed by atoms with E-state index in [0.29, 0.717) is 37.2 Å². The largest absolute Gasteiger partial charge is 0.447 e. The van der Waals surface area contributed by atoms with Crippen molar-refractivity contribution in [3.05, 3.63) is 71.0 Å². The zero-order valence-electron chi connectivity index (χ0n) is 22.2. The number of hydrogen-bond acceptors (Lipinski definition) is 7. The summed E-state index contributed by atoms with van der Waals surface area (Å²) in [6.07, 6.45) is 0.0309. The molecule has 3 rings (SSSR count). The summed E-state index contributed by atoms with van der Waals surface area (Å²) in [5, 5.41) is 13.0. The molecule has 3 aromatic rings. The maximum atomic E-state index is 13.9. The second kappa shape index (κ2) is 15.4. The first-order chi connectivity index (χ1) is 19.3. The maximum absolute atomic E-state index is 13.9. The molecule has 1 heterocycles. The van der Waals surface area contributed by atoms with Gasteiger partial charge in [0.2, 0.25) is 11.8 Å². The van der Waals surface area contributed by atoms with E-state index in [2.05, 4.69) is 26.5 Å². The molecule has 40 heavy (non-hydrogen) atoms. The van der Waals surface area contributed by atoms with Crippen molar-refractivity contribution in [2.75, 3.05) is 25.0 Å². The Morgan fingerprint density at radius 2 is 1.90 bits per heavy atom. The lowest BCUT2D eigenvalue weighted by Crippen LogP contribution is -2.50. The molecule has 0 radical (unpaired) electrons. The molecule has 0 aliphatic heterocycles. The smallest absolute Gasteiger partial charge is 0.414 e. The van der Waals surface area contributed by atoms with Crippen LogP contribution in [0, 0.1) is 5.82 Å². The minimum Gasteiger partial charge on any atom is -0.447 e. The number of nitrogens with zero attached hydrogens (tertiary/aromatic N) is 2. The molecule has 0 fully saturated rings. The zero-order valence-corrected chi connectivity index (χ0v) is 23.0. The summed E-state index contributed by atoms with van der Waals surface area (Å²) in [5.41, 5.74) is 4.76. The molecule has 0 spiro atoms. The van der Waals surface area contributed by atoms with Crippen molar-refractivity contribution in [3.63, 3.8) is 0 Å². The minimum absolute atomic E-state index is 0.0519. The van der Waals surface area contributed by atoms with Gasteiger partial charge in [0.05, 0.1) is 11.1 Å². The van der Waals surface area contributed by atoms with Gasteiger partial charge in [-0.25, -0.2) is 19.4 Å². The molecule has 1 aromatic heterocycles. The van der Waals surface area contributed by atoms with E-state index in [9.17, 15) is 18.8 Å². The number of hydrazine groups is 1. The molecule has 4 N–H and O–H groups in total. The monoisotopic (exact) mass is 574 g/mol. The summed E-state index contributed by atoms with van der Waals surface area (Å²) in [7, 11) is 0. The first kappa shape index (κ1) is 30.4. The molecule has 4 amide bonds. The van der Waals surface area contributed by atoms with Gasteiger partial charge in [-0.15, -0.1) is 0 Å². The summed E-state index contributed by atoms with van der Waals surface area (Å²) in [6.45, 7) is 3.84. The molecule has 0 unspecified atom stereocenters. The third kappa shape index (κ3) is 9.24. The zero-order chi connectivity index (χ0) is 28.9. The van der Waals surface area contributed by atoms with Crippen molar-refractivity contribution >= 4 is 35.5 Å². The SMILES string of the molecule is CCNC(=O)NCCC[C@@H](COC(=O)Nc1cc(-c2ccccc2)no1)N(NCc1cccc(F)c1Cl)C(C)=O. The minimum atomic E-state index is -0.808. The Hall–Kier alpha value is -4.16. The van der Waals surface area contributed by atoms with Crippen LogP contribution >= 0.6 is 11.6 Å². The van der Waals surface area contributed by atoms with Gasteiger partial charge in [-0.2, -0.15) is 0 Å². The number of ether oxygens (including phenoxy) is 1. The Labute approximate surface area is 236 Å². The highest BCUT2D eigenvalue weighted by Gasteiger charge is 2.24. The summed E-state index contributed by atoms with van der Waals surface area (Å²) < 4.78 is 24.5. The molecule has 1 atom stereocenters. The lowest BCUT2D eigenvalue weighted by molar-refractivity contribution is -0.136. The fourth-order valence-electron chi connectivity index (χ4n) is 3.79. The van der Waals surface area contributed by atoms with Gasteiger partial charge in [0.15, 0.2) is 0 Å². The molecular weight excluding hydrogens is 543 g/mol. The van der Waals surface area contributed by atoms with E-state index in [4.69, 9.17) is 20.9 Å². The van der Waals surface area contributed by atoms with Crippen LogP contribution in [0.2, 0.25) is 5.02 Å². The van der Waals surface area contributed by atoms with E-state index in [-0.39, 0.29) is 36.0 Å². The van der Waals surface area contributed by atoms with Crippen molar-refractivity contribution in [1.29, 1.82) is 0 Å². The van der Waals surface area contributed by atoms with Crippen LogP contribution < -0.4 is 21.4 Å². The van der Waals surface area contributed by atoms with E-state index in [1.54, 1.807) is 19.1 Å². The standard InChI is InChI=1S/C27H32ClFN6O5/c1-3-30-26(37)31-14-8-12-21(35(18(2)36)32-16-20-11-7-13-22(29)25(20)28)17-39-27(38)33-24-15-23(34-40-24)19-9-5-4-6-10-19/h4-7,9-11,13,15,21,32H,3,8,12,14,16-17H2,1-2H3,(H,33,38)(H2,30,31,37)/t21-/m0/s1. The molecule has 11 nitrogen and oxygen atoms in total. The topological polar surface area (TPSA) is 138 Å². The summed E-state index contributed by atoms with van der Waals surface area (Å²) >= 11 is 6.06. The first-order valence-electron chi connectivity index (χ1n) is 12.7. The molecule has 0 aliphatic carbocycles. The number of aromatic nitrogens is 1. The number of carbonyl (C=O) groups excluding carboxylic acids is 3. The molecule has 0 saturated heterocycles. The van der Waals surface area contributed by atoms with E-state index in [1.165, 1.54) is 24.1 Å². The van der Waals surface area contributed by atoms with E-state index in [0.717, 1.165) is 5.56 Å². The van der Waals surface area contributed by atoms with Crippen molar-refractivity contribution in [2.24, 2.45) is 0 Å². The van der Waals surface area contributed by atoms with Crippen LogP contribution in [0.25, 0.3) is 11.3 Å². The summed E-state index contributed by atoms with van der Waals surface area (Å²) in [4.78, 5) is 36.8. The summed E-state index contributed by atoms with van der Waals surface area (Å²) in [6, 6.07) is 14.3. The number of urea groups is 1. The first-order valence-corrected chi connectivity index (χ1v) is 13.1. The van der Waals surface area contributed by atoms with Gasteiger partial charge in [-0.3, -0.25) is 15.1 Å². The van der Waals surface area contributed by atoms with Crippen molar-refractivity contribution in [3.8, 4) is 11.3 Å². The molecule has 214 valence electrons. The van der Waals surface area contributed by atoms with Crippen molar-refractivity contribution < 1.29 is 28.0 Å². The Morgan fingerprint density at radius 1 is 1.12 bits per heavy atom. The lowest BCUT2D eigenvalue weighted by Gasteiger charge is -2.31. The average Bonchev–Trinajstić information content (AvgIpc) is 3.40. The predicted octanol–water partition coefficient (Wildman–Crippen LogP) is 4.70. The van der Waals surface area contributed by atoms with Gasteiger partial charge >= 0.3 is 12.1 Å². The third-order valence-electron chi connectivity index (χ3n) is 5.72. The number of halogens is 2. The number of benzene rings is 2. The molecule has 0 aliphatic rings. The predicted molar refractivity (Wildman–Crippen MR) is 148 cm³/mol. The fraction of sp³-hybridized carbons (Fsp3) is 0.333. The molecule has 13 heteroatoms. The molecule has 0 bridgehead atoms. The Balaban J connectivity index is 1.63. The molecular formula is C27H32ClFN6O5.